The van der Waals surface area contributed by atoms with Crippen LogP contribution in [0, 0.1) is 11.2 Å². The van der Waals surface area contributed by atoms with Crippen LogP contribution in [0.3, 0.4) is 0 Å². The van der Waals surface area contributed by atoms with Gasteiger partial charge in [-0.25, -0.2) is 11.6 Å². The molecule has 0 bridgehead atoms. The Morgan fingerprint density at radius 3 is 1.67 bits per heavy atom. The highest BCUT2D eigenvalue weighted by atomic mass is 31.1. The molecular weight excluding hydrogens is 411 g/mol. The lowest BCUT2D eigenvalue weighted by Crippen LogP contribution is -2.44. The van der Waals surface area contributed by atoms with Crippen LogP contribution in [0.15, 0.2) is 66.7 Å². The van der Waals surface area contributed by atoms with Crippen molar-refractivity contribution in [3.05, 3.63) is 89.1 Å². The van der Waals surface area contributed by atoms with Crippen LogP contribution >= 0.6 is 7.55 Å². The predicted molar refractivity (Wildman–Crippen MR) is 145 cm³/mol. The lowest BCUT2D eigenvalue weighted by molar-refractivity contribution is 0.794. The average molecular weight is 450 g/mol. The van der Waals surface area contributed by atoms with Gasteiger partial charge in [0.1, 0.15) is 13.2 Å². The first-order valence-corrected chi connectivity index (χ1v) is 19.4. The van der Waals surface area contributed by atoms with Crippen molar-refractivity contribution in [1.29, 1.82) is 0 Å². The molecule has 0 saturated heterocycles. The van der Waals surface area contributed by atoms with E-state index in [1.165, 1.54) is 22.6 Å². The Kier molecular flexibility index (Phi) is 6.36. The normalized spacial score (nSPS) is 17.3. The van der Waals surface area contributed by atoms with Gasteiger partial charge in [-0.3, -0.25) is 0 Å². The summed E-state index contributed by atoms with van der Waals surface area (Å²) in [5.74, 6) is 1.51. The summed E-state index contributed by atoms with van der Waals surface area (Å²) in [5.41, 5.74) is 4.28. The van der Waals surface area contributed by atoms with Gasteiger partial charge in [0, 0.05) is 4.92 Å². The fourth-order valence-corrected chi connectivity index (χ4v) is 17.3. The second-order valence-electron chi connectivity index (χ2n) is 11.4. The SMILES string of the molecule is CC(C)(C)[P+]1=C([Si](C)(C)C)[C-](c2ccccc2)C=C(c2ccccc2)[C-]1[Si](C)(C)C. The average Bonchev–Trinajstić information content (AvgIpc) is 2.65. The molecule has 1 aliphatic rings. The van der Waals surface area contributed by atoms with Crippen molar-refractivity contribution in [2.75, 3.05) is 0 Å². The molecule has 1 atom stereocenters. The van der Waals surface area contributed by atoms with Crippen molar-refractivity contribution < 1.29 is 0 Å². The van der Waals surface area contributed by atoms with E-state index in [0.29, 0.717) is 0 Å². The van der Waals surface area contributed by atoms with Crippen LogP contribution in [-0.4, -0.2) is 26.2 Å². The van der Waals surface area contributed by atoms with E-state index in [-0.39, 0.29) is 5.16 Å². The van der Waals surface area contributed by atoms with E-state index in [1.807, 2.05) is 0 Å². The molecule has 2 aromatic rings. The van der Waals surface area contributed by atoms with Crippen LogP contribution in [0.5, 0.6) is 0 Å². The molecule has 0 aliphatic carbocycles. The Hall–Kier alpha value is -1.48. The van der Waals surface area contributed by atoms with E-state index < -0.39 is 23.7 Å². The van der Waals surface area contributed by atoms with Crippen LogP contribution in [0.2, 0.25) is 39.3 Å². The topological polar surface area (TPSA) is 0 Å². The molecule has 0 saturated carbocycles. The summed E-state index contributed by atoms with van der Waals surface area (Å²) in [4.78, 5) is 1.80. The van der Waals surface area contributed by atoms with Crippen LogP contribution < -0.4 is 0 Å². The summed E-state index contributed by atoms with van der Waals surface area (Å²) < 4.78 is 0. The van der Waals surface area contributed by atoms with Gasteiger partial charge in [0.2, 0.25) is 0 Å². The Bertz CT molecular complexity index is 936. The monoisotopic (exact) mass is 449 g/mol. The molecule has 0 amide bonds. The van der Waals surface area contributed by atoms with Gasteiger partial charge in [-0.2, -0.15) is 5.56 Å². The molecule has 0 N–H and O–H groups in total. The van der Waals surface area contributed by atoms with E-state index in [0.717, 1.165) is 0 Å². The number of benzene rings is 2. The summed E-state index contributed by atoms with van der Waals surface area (Å²) in [7, 11) is -3.51. The molecule has 2 aromatic carbocycles. The van der Waals surface area contributed by atoms with Gasteiger partial charge in [-0.15, -0.1) is 47.9 Å². The molecule has 3 heteroatoms. The van der Waals surface area contributed by atoms with Gasteiger partial charge in [0.25, 0.3) is 0 Å². The number of rotatable bonds is 4. The Balaban J connectivity index is 2.42. The van der Waals surface area contributed by atoms with Crippen molar-refractivity contribution >= 4 is 34.2 Å². The van der Waals surface area contributed by atoms with E-state index >= 15 is 0 Å². The smallest absolute Gasteiger partial charge is 0.117 e. The maximum atomic E-state index is 2.57. The van der Waals surface area contributed by atoms with Gasteiger partial charge < -0.3 is 0 Å². The van der Waals surface area contributed by atoms with E-state index in [2.05, 4.69) is 127 Å². The highest BCUT2D eigenvalue weighted by Crippen LogP contribution is 2.63. The van der Waals surface area contributed by atoms with E-state index in [1.54, 1.807) is 10.2 Å². The number of hydrogen-bond acceptors (Lipinski definition) is 0. The summed E-state index contributed by atoms with van der Waals surface area (Å²) in [5, 5.41) is 2.04. The third kappa shape index (κ3) is 4.72. The molecule has 1 heterocycles. The van der Waals surface area contributed by atoms with Crippen molar-refractivity contribution in [2.45, 2.75) is 65.2 Å². The molecule has 0 radical (unpaired) electrons. The molecule has 0 nitrogen and oxygen atoms in total. The van der Waals surface area contributed by atoms with Crippen LogP contribution in [-0.2, 0) is 0 Å². The van der Waals surface area contributed by atoms with Crippen molar-refractivity contribution in [3.63, 3.8) is 0 Å². The molecule has 0 fully saturated rings. The fraction of sp³-hybridized carbons (Fsp3) is 0.370. The molecule has 0 spiro atoms. The minimum absolute atomic E-state index is 0.245. The summed E-state index contributed by atoms with van der Waals surface area (Å²) in [6, 6.07) is 22.3. The largest absolute Gasteiger partial charge is 0.232 e. The molecule has 160 valence electrons. The molecule has 3 rings (SSSR count). The fourth-order valence-electron chi connectivity index (χ4n) is 4.46. The molecule has 30 heavy (non-hydrogen) atoms. The molecule has 0 aromatic heterocycles. The zero-order valence-corrected chi connectivity index (χ0v) is 23.2. The lowest BCUT2D eigenvalue weighted by Gasteiger charge is -2.49. The third-order valence-electron chi connectivity index (χ3n) is 5.51. The van der Waals surface area contributed by atoms with Gasteiger partial charge in [-0.1, -0.05) is 63.5 Å². The minimum Gasteiger partial charge on any atom is -0.232 e. The van der Waals surface area contributed by atoms with E-state index in [9.17, 15) is 0 Å². The molecule has 1 aliphatic heterocycles. The second kappa shape index (κ2) is 8.22. The Labute approximate surface area is 188 Å². The Morgan fingerprint density at radius 1 is 0.733 bits per heavy atom. The van der Waals surface area contributed by atoms with Crippen molar-refractivity contribution in [1.82, 2.24) is 0 Å². The zero-order valence-electron chi connectivity index (χ0n) is 20.3. The third-order valence-corrected chi connectivity index (χ3v) is 17.0. The number of allylic oxidation sites excluding steroid dienone is 2. The summed E-state index contributed by atoms with van der Waals surface area (Å²) in [6.45, 7) is 22.8. The molecule has 1 unspecified atom stereocenters. The zero-order chi connectivity index (χ0) is 22.3. The first kappa shape index (κ1) is 23.2. The highest BCUT2D eigenvalue weighted by molar-refractivity contribution is 7.73. The van der Waals surface area contributed by atoms with Gasteiger partial charge in [0.05, 0.1) is 15.6 Å². The number of hydrogen-bond donors (Lipinski definition) is 0. The quantitative estimate of drug-likeness (QED) is 0.249. The second-order valence-corrected chi connectivity index (χ2v) is 25.2. The van der Waals surface area contributed by atoms with Gasteiger partial charge in [0.15, 0.2) is 0 Å². The van der Waals surface area contributed by atoms with Crippen molar-refractivity contribution in [2.24, 2.45) is 0 Å². The minimum atomic E-state index is -1.56. The first-order valence-electron chi connectivity index (χ1n) is 11.1. The highest BCUT2D eigenvalue weighted by Gasteiger charge is 2.47. The standard InChI is InChI=1S/C27H38PSi2/c1-27(2,3)28-25(29(4,5)6)23(21-16-12-10-13-17-21)20-24(26(28)30(7,8)9)22-18-14-11-15-19-22/h10-20H,1-9H3/q-1. The maximum absolute atomic E-state index is 2.57. The van der Waals surface area contributed by atoms with Crippen LogP contribution in [0.4, 0.5) is 0 Å². The van der Waals surface area contributed by atoms with Gasteiger partial charge in [-0.05, 0) is 26.1 Å². The van der Waals surface area contributed by atoms with E-state index in [4.69, 9.17) is 0 Å². The molecular formula is C27H38PSi2-. The lowest BCUT2D eigenvalue weighted by atomic mass is 9.95. The predicted octanol–water partition coefficient (Wildman–Crippen LogP) is 8.45. The van der Waals surface area contributed by atoms with Crippen LogP contribution in [0.25, 0.3) is 5.57 Å². The Morgan fingerprint density at radius 2 is 1.23 bits per heavy atom. The maximum Gasteiger partial charge on any atom is 0.117 e. The summed E-state index contributed by atoms with van der Waals surface area (Å²) in [6.07, 6.45) is 2.57. The summed E-state index contributed by atoms with van der Waals surface area (Å²) >= 11 is 0. The van der Waals surface area contributed by atoms with Gasteiger partial charge >= 0.3 is 0 Å². The first-order chi connectivity index (χ1) is 13.8. The van der Waals surface area contributed by atoms with Crippen molar-refractivity contribution in [3.8, 4) is 0 Å². The van der Waals surface area contributed by atoms with Crippen LogP contribution in [0.1, 0.15) is 31.9 Å².